The Balaban J connectivity index is 2.08. The van der Waals surface area contributed by atoms with Crippen molar-refractivity contribution in [2.75, 3.05) is 0 Å². The highest BCUT2D eigenvalue weighted by atomic mass is 127. The van der Waals surface area contributed by atoms with Crippen molar-refractivity contribution in [3.63, 3.8) is 0 Å². The van der Waals surface area contributed by atoms with Crippen LogP contribution in [0.25, 0.3) is 10.9 Å². The van der Waals surface area contributed by atoms with Gasteiger partial charge in [0, 0.05) is 6.20 Å². The minimum absolute atomic E-state index is 0.0151. The molecule has 0 amide bonds. The van der Waals surface area contributed by atoms with E-state index >= 15 is 0 Å². The molecule has 2 atom stereocenters. The number of nitrogens with zero attached hydrogens (tertiary/aromatic N) is 1. The summed E-state index contributed by atoms with van der Waals surface area (Å²) < 4.78 is 19.6. The highest BCUT2D eigenvalue weighted by molar-refractivity contribution is 14.1. The summed E-state index contributed by atoms with van der Waals surface area (Å²) in [4.78, 5) is 24.5. The number of hydrogen-bond acceptors (Lipinski definition) is 4. The zero-order chi connectivity index (χ0) is 22.0. The number of ether oxygens (including phenoxy) is 1. The molecule has 0 aliphatic rings. The number of aliphatic hydroxyl groups is 1. The molecular formula is C22H21FINO5. The lowest BCUT2D eigenvalue weighted by Gasteiger charge is -2.28. The normalized spacial score (nSPS) is 13.4. The maximum Gasteiger partial charge on any atom is 0.341 e. The summed E-state index contributed by atoms with van der Waals surface area (Å²) in [6, 6.07) is 10.3. The highest BCUT2D eigenvalue weighted by Gasteiger charge is 2.26. The molecular weight excluding hydrogens is 504 g/mol. The van der Waals surface area contributed by atoms with Gasteiger partial charge in [-0.2, -0.15) is 0 Å². The molecule has 2 N–H and O–H groups in total. The number of rotatable bonds is 7. The number of aromatic carboxylic acids is 1. The van der Waals surface area contributed by atoms with Crippen molar-refractivity contribution < 1.29 is 24.1 Å². The van der Waals surface area contributed by atoms with Crippen molar-refractivity contribution in [2.24, 2.45) is 5.92 Å². The van der Waals surface area contributed by atoms with Crippen LogP contribution >= 0.6 is 22.6 Å². The summed E-state index contributed by atoms with van der Waals surface area (Å²) in [6.45, 7) is 3.99. The van der Waals surface area contributed by atoms with Crippen molar-refractivity contribution in [1.29, 1.82) is 0 Å². The number of carboxylic acid groups (broad SMARTS) is 1. The van der Waals surface area contributed by atoms with Gasteiger partial charge in [0.05, 0.1) is 16.9 Å². The predicted octanol–water partition coefficient (Wildman–Crippen LogP) is 4.37. The van der Waals surface area contributed by atoms with E-state index in [1.165, 1.54) is 24.4 Å². The summed E-state index contributed by atoms with van der Waals surface area (Å²) >= 11 is 1.88. The topological polar surface area (TPSA) is 88.8 Å². The molecule has 0 saturated carbocycles. The van der Waals surface area contributed by atoms with Gasteiger partial charge in [-0.25, -0.2) is 9.18 Å². The summed E-state index contributed by atoms with van der Waals surface area (Å²) in [5.41, 5.74) is 0.266. The summed E-state index contributed by atoms with van der Waals surface area (Å²) in [5.74, 6) is -1.31. The Labute approximate surface area is 186 Å². The lowest BCUT2D eigenvalue weighted by molar-refractivity contribution is 0.0693. The monoisotopic (exact) mass is 525 g/mol. The van der Waals surface area contributed by atoms with Crippen LogP contribution < -0.4 is 10.2 Å². The van der Waals surface area contributed by atoms with Gasteiger partial charge in [0.25, 0.3) is 0 Å². The zero-order valence-electron chi connectivity index (χ0n) is 16.4. The second kappa shape index (κ2) is 9.13. The number of pyridine rings is 1. The van der Waals surface area contributed by atoms with Crippen LogP contribution in [0.3, 0.4) is 0 Å². The van der Waals surface area contributed by atoms with E-state index in [1.807, 2.05) is 36.4 Å². The molecule has 2 aromatic carbocycles. The third kappa shape index (κ3) is 4.65. The van der Waals surface area contributed by atoms with Gasteiger partial charge in [-0.3, -0.25) is 4.79 Å². The minimum atomic E-state index is -1.33. The van der Waals surface area contributed by atoms with E-state index in [0.29, 0.717) is 11.3 Å². The average molecular weight is 525 g/mol. The largest absolute Gasteiger partial charge is 0.489 e. The fraction of sp³-hybridized carbons (Fsp3) is 0.273. The van der Waals surface area contributed by atoms with Crippen LogP contribution in [0.1, 0.15) is 35.8 Å². The van der Waals surface area contributed by atoms with Gasteiger partial charge < -0.3 is 19.5 Å². The molecule has 0 aliphatic carbocycles. The summed E-state index contributed by atoms with van der Waals surface area (Å²) in [5, 5.41) is 20.0. The highest BCUT2D eigenvalue weighted by Crippen LogP contribution is 2.30. The minimum Gasteiger partial charge on any atom is -0.489 e. The number of benzene rings is 2. The maximum atomic E-state index is 13.0. The maximum absolute atomic E-state index is 13.0. The molecule has 3 aromatic rings. The van der Waals surface area contributed by atoms with E-state index in [1.54, 1.807) is 28.8 Å². The molecule has 3 rings (SSSR count). The molecule has 0 spiro atoms. The number of hydrogen-bond donors (Lipinski definition) is 2. The molecule has 6 nitrogen and oxygen atoms in total. The number of fused-ring (bicyclic) bond motifs is 1. The van der Waals surface area contributed by atoms with Crippen LogP contribution in [0.4, 0.5) is 4.39 Å². The lowest BCUT2D eigenvalue weighted by atomic mass is 10.0. The van der Waals surface area contributed by atoms with Gasteiger partial charge in [0.1, 0.15) is 27.8 Å². The zero-order valence-corrected chi connectivity index (χ0v) is 18.5. The third-order valence-corrected chi connectivity index (χ3v) is 5.58. The molecule has 0 bridgehead atoms. The molecule has 1 aromatic heterocycles. The molecule has 0 fully saturated rings. The first-order valence-corrected chi connectivity index (χ1v) is 10.5. The third-order valence-electron chi connectivity index (χ3n) is 4.84. The molecule has 158 valence electrons. The van der Waals surface area contributed by atoms with Crippen LogP contribution in [0.5, 0.6) is 5.75 Å². The first kappa shape index (κ1) is 22.2. The number of carboxylic acids is 1. The molecule has 0 aliphatic heterocycles. The average Bonchev–Trinajstić information content (AvgIpc) is 2.68. The smallest absolute Gasteiger partial charge is 0.341 e. The Bertz CT molecular complexity index is 1120. The van der Waals surface area contributed by atoms with Gasteiger partial charge in [-0.05, 0) is 64.4 Å². The van der Waals surface area contributed by atoms with Crippen LogP contribution in [0.15, 0.2) is 53.5 Å². The van der Waals surface area contributed by atoms with Crippen LogP contribution in [-0.4, -0.2) is 24.9 Å². The number of halogens is 2. The van der Waals surface area contributed by atoms with Crippen LogP contribution in [0.2, 0.25) is 0 Å². The number of aromatic nitrogens is 1. The Kier molecular flexibility index (Phi) is 6.77. The van der Waals surface area contributed by atoms with Crippen LogP contribution in [-0.2, 0) is 6.61 Å². The Morgan fingerprint density at radius 2 is 1.87 bits per heavy atom. The molecule has 2 unspecified atom stereocenters. The van der Waals surface area contributed by atoms with Gasteiger partial charge in [-0.15, -0.1) is 0 Å². The summed E-state index contributed by atoms with van der Waals surface area (Å²) in [7, 11) is 0. The quantitative estimate of drug-likeness (QED) is 0.354. The SMILES string of the molecule is CC(C)C(C(O)I)n1cc(C(=O)O)c(=O)c2cc(OCc3ccc(F)cc3)ccc21. The van der Waals surface area contributed by atoms with Crippen LogP contribution in [0, 0.1) is 11.7 Å². The van der Waals surface area contributed by atoms with Crippen molar-refractivity contribution in [2.45, 2.75) is 30.6 Å². The standard InChI is InChI=1S/C22H21FINO5/c1-12(2)19(21(24)27)25-10-17(22(28)29)20(26)16-9-15(7-8-18(16)25)30-11-13-3-5-14(23)6-4-13/h3-10,12,19,21,27H,11H2,1-2H3,(H,28,29). The Morgan fingerprint density at radius 3 is 2.43 bits per heavy atom. The van der Waals surface area contributed by atoms with Crippen molar-refractivity contribution in [1.82, 2.24) is 4.57 Å². The van der Waals surface area contributed by atoms with E-state index in [2.05, 4.69) is 0 Å². The molecule has 8 heteroatoms. The van der Waals surface area contributed by atoms with E-state index < -0.39 is 21.6 Å². The molecule has 0 saturated heterocycles. The van der Waals surface area contributed by atoms with E-state index in [4.69, 9.17) is 4.74 Å². The second-order valence-electron chi connectivity index (χ2n) is 7.29. The fourth-order valence-corrected chi connectivity index (χ4v) is 4.52. The summed E-state index contributed by atoms with van der Waals surface area (Å²) in [6.07, 6.45) is 1.29. The van der Waals surface area contributed by atoms with Gasteiger partial charge in [0.2, 0.25) is 5.43 Å². The molecule has 1 heterocycles. The van der Waals surface area contributed by atoms with E-state index in [9.17, 15) is 24.2 Å². The Morgan fingerprint density at radius 1 is 1.20 bits per heavy atom. The molecule has 30 heavy (non-hydrogen) atoms. The van der Waals surface area contributed by atoms with Gasteiger partial charge in [-0.1, -0.05) is 26.0 Å². The van der Waals surface area contributed by atoms with E-state index in [0.717, 1.165) is 5.56 Å². The Hall–Kier alpha value is -2.46. The van der Waals surface area contributed by atoms with Crippen molar-refractivity contribution in [3.8, 4) is 5.75 Å². The predicted molar refractivity (Wildman–Crippen MR) is 120 cm³/mol. The van der Waals surface area contributed by atoms with Gasteiger partial charge in [0.15, 0.2) is 0 Å². The van der Waals surface area contributed by atoms with Gasteiger partial charge >= 0.3 is 5.97 Å². The number of carbonyl (C=O) groups is 1. The number of alkyl halides is 1. The fourth-order valence-electron chi connectivity index (χ4n) is 3.34. The van der Waals surface area contributed by atoms with Crippen molar-refractivity contribution >= 4 is 39.5 Å². The number of aliphatic hydroxyl groups excluding tert-OH is 1. The molecule has 0 radical (unpaired) electrons. The lowest BCUT2D eigenvalue weighted by Crippen LogP contribution is -2.28. The first-order chi connectivity index (χ1) is 14.2. The van der Waals surface area contributed by atoms with Crippen molar-refractivity contribution in [3.05, 3.63) is 75.8 Å². The van der Waals surface area contributed by atoms with E-state index in [-0.39, 0.29) is 29.3 Å². The first-order valence-electron chi connectivity index (χ1n) is 9.30. The second-order valence-corrected chi connectivity index (χ2v) is 8.56.